The summed E-state index contributed by atoms with van der Waals surface area (Å²) >= 11 is 1.44. The van der Waals surface area contributed by atoms with Gasteiger partial charge in [0.05, 0.1) is 12.1 Å². The number of carbonyl (C=O) groups is 1. The molecule has 1 spiro atoms. The maximum Gasteiger partial charge on any atom is 0.433 e. The molecule has 0 aliphatic carbocycles. The van der Waals surface area contributed by atoms with Crippen LogP contribution in [0.25, 0.3) is 0 Å². The first-order valence-corrected chi connectivity index (χ1v) is 10.4. The highest BCUT2D eigenvalue weighted by Gasteiger charge is 2.70. The minimum atomic E-state index is -4.40. The zero-order chi connectivity index (χ0) is 20.0. The molecule has 3 aliphatic rings. The quantitative estimate of drug-likeness (QED) is 0.716. The summed E-state index contributed by atoms with van der Waals surface area (Å²) in [6, 6.07) is 5.33. The second-order valence-corrected chi connectivity index (χ2v) is 8.70. The van der Waals surface area contributed by atoms with Crippen LogP contribution in [0.5, 0.6) is 0 Å². The molecule has 2 N–H and O–H groups in total. The molecule has 4 rings (SSSR count). The van der Waals surface area contributed by atoms with Gasteiger partial charge in [0.2, 0.25) is 0 Å². The number of thioether (sulfide) groups is 1. The molecule has 3 heterocycles. The molecule has 3 unspecified atom stereocenters. The van der Waals surface area contributed by atoms with Gasteiger partial charge in [-0.15, -0.1) is 0 Å². The molecule has 0 radical (unpaired) electrons. The zero-order valence-electron chi connectivity index (χ0n) is 15.6. The molecule has 3 aliphatic heterocycles. The second-order valence-electron chi connectivity index (χ2n) is 7.60. The fourth-order valence-electron chi connectivity index (χ4n) is 4.43. The number of hydrogen-bond acceptors (Lipinski definition) is 4. The zero-order valence-corrected chi connectivity index (χ0v) is 16.4. The van der Waals surface area contributed by atoms with Gasteiger partial charge in [-0.25, -0.2) is 10.1 Å². The van der Waals surface area contributed by atoms with Gasteiger partial charge in [-0.1, -0.05) is 0 Å². The number of amides is 2. The van der Waals surface area contributed by atoms with E-state index in [2.05, 4.69) is 22.5 Å². The molecule has 0 saturated carbocycles. The first-order valence-electron chi connectivity index (χ1n) is 9.52. The Bertz CT molecular complexity index is 774. The van der Waals surface area contributed by atoms with Crippen LogP contribution >= 0.6 is 11.8 Å². The van der Waals surface area contributed by atoms with Gasteiger partial charge in [-0.05, 0) is 55.6 Å². The number of urea groups is 1. The number of rotatable bonds is 5. The molecular weight excluding hydrogens is 389 g/mol. The number of hydrogen-bond donors (Lipinski definition) is 2. The number of carbonyl (C=O) groups excluding carboxylic acids is 1. The molecule has 0 aromatic heterocycles. The number of nitrogens with zero attached hydrogens (tertiary/aromatic N) is 2. The Morgan fingerprint density at radius 2 is 2.07 bits per heavy atom. The lowest BCUT2D eigenvalue weighted by atomic mass is 10.1. The highest BCUT2D eigenvalue weighted by atomic mass is 32.2. The Morgan fingerprint density at radius 3 is 2.61 bits per heavy atom. The van der Waals surface area contributed by atoms with Crippen molar-refractivity contribution in [2.45, 2.75) is 43.5 Å². The Hall–Kier alpha value is -1.71. The Kier molecular flexibility index (Phi) is 4.87. The summed E-state index contributed by atoms with van der Waals surface area (Å²) in [5, 5.41) is 7.21. The number of quaternary nitrogens is 1. The number of alkyl halides is 3. The fraction of sp³-hybridized carbons (Fsp3) is 0.526. The third kappa shape index (κ3) is 3.00. The van der Waals surface area contributed by atoms with E-state index in [1.807, 2.05) is 5.41 Å². The first kappa shape index (κ1) is 19.6. The highest BCUT2D eigenvalue weighted by molar-refractivity contribution is 8.03. The van der Waals surface area contributed by atoms with E-state index in [0.717, 1.165) is 31.6 Å². The molecule has 152 valence electrons. The maximum absolute atomic E-state index is 13.0. The number of halogens is 3. The van der Waals surface area contributed by atoms with E-state index in [9.17, 15) is 18.0 Å². The molecule has 0 bridgehead atoms. The lowest BCUT2D eigenvalue weighted by Gasteiger charge is -2.54. The molecular formula is C19H24F3N4OS+. The monoisotopic (exact) mass is 413 g/mol. The highest BCUT2D eigenvalue weighted by Crippen LogP contribution is 2.47. The van der Waals surface area contributed by atoms with Gasteiger partial charge in [0, 0.05) is 37.3 Å². The third-order valence-electron chi connectivity index (χ3n) is 6.01. The molecule has 1 aromatic carbocycles. The van der Waals surface area contributed by atoms with Crippen molar-refractivity contribution in [2.75, 3.05) is 19.6 Å². The third-order valence-corrected chi connectivity index (χ3v) is 7.16. The lowest BCUT2D eigenvalue weighted by molar-refractivity contribution is -0.137. The number of benzene rings is 1. The molecule has 3 atom stereocenters. The predicted octanol–water partition coefficient (Wildman–Crippen LogP) is 4.03. The smallest absolute Gasteiger partial charge is 0.311 e. The van der Waals surface area contributed by atoms with Crippen LogP contribution in [0, 0.1) is 0 Å². The van der Waals surface area contributed by atoms with E-state index in [0.29, 0.717) is 18.3 Å². The summed E-state index contributed by atoms with van der Waals surface area (Å²) in [6.45, 7) is 4.67. The van der Waals surface area contributed by atoms with Gasteiger partial charge in [0.25, 0.3) is 0 Å². The van der Waals surface area contributed by atoms with E-state index < -0.39 is 16.9 Å². The van der Waals surface area contributed by atoms with Crippen molar-refractivity contribution in [2.24, 2.45) is 0 Å². The van der Waals surface area contributed by atoms with E-state index in [1.54, 1.807) is 6.20 Å². The van der Waals surface area contributed by atoms with Crippen LogP contribution in [0.15, 0.2) is 35.9 Å². The maximum atomic E-state index is 13.0. The van der Waals surface area contributed by atoms with Crippen molar-refractivity contribution in [1.82, 2.24) is 20.0 Å². The largest absolute Gasteiger partial charge is 0.433 e. The molecule has 2 saturated heterocycles. The van der Waals surface area contributed by atoms with Gasteiger partial charge < -0.3 is 10.2 Å². The van der Waals surface area contributed by atoms with Crippen LogP contribution in [0.1, 0.15) is 31.7 Å². The molecule has 1 aromatic rings. The van der Waals surface area contributed by atoms with Gasteiger partial charge in [-0.2, -0.15) is 17.7 Å². The Balaban J connectivity index is 1.60. The van der Waals surface area contributed by atoms with Crippen molar-refractivity contribution in [1.29, 1.82) is 0 Å². The van der Waals surface area contributed by atoms with E-state index >= 15 is 0 Å². The second kappa shape index (κ2) is 6.96. The van der Waals surface area contributed by atoms with Crippen molar-refractivity contribution in [3.05, 3.63) is 41.4 Å². The normalized spacial score (nSPS) is 32.4. The topological polar surface area (TPSA) is 44.4 Å². The van der Waals surface area contributed by atoms with Crippen LogP contribution in [-0.2, 0) is 6.18 Å². The van der Waals surface area contributed by atoms with Crippen LogP contribution in [0.4, 0.5) is 23.7 Å². The van der Waals surface area contributed by atoms with Crippen molar-refractivity contribution < 1.29 is 18.0 Å². The van der Waals surface area contributed by atoms with Gasteiger partial charge >= 0.3 is 17.3 Å². The SMILES string of the molecule is CC1CCCN1CCC[N+]1(c2ccc(C(F)(F)F)cc2)C(=O)NC12NC=CS2. The average Bonchev–Trinajstić information content (AvgIpc) is 3.29. The minimum Gasteiger partial charge on any atom is -0.311 e. The fourth-order valence-corrected chi connectivity index (χ4v) is 5.51. The molecule has 28 heavy (non-hydrogen) atoms. The van der Waals surface area contributed by atoms with Crippen LogP contribution in [0.3, 0.4) is 0 Å². The van der Waals surface area contributed by atoms with Gasteiger partial charge in [0.1, 0.15) is 5.69 Å². The van der Waals surface area contributed by atoms with E-state index in [1.165, 1.54) is 36.7 Å². The van der Waals surface area contributed by atoms with E-state index in [4.69, 9.17) is 0 Å². The van der Waals surface area contributed by atoms with Crippen molar-refractivity contribution >= 4 is 23.5 Å². The molecule has 5 nitrogen and oxygen atoms in total. The Morgan fingerprint density at radius 1 is 1.32 bits per heavy atom. The summed E-state index contributed by atoms with van der Waals surface area (Å²) in [5.41, 5.74) is -0.143. The summed E-state index contributed by atoms with van der Waals surface area (Å²) in [7, 11) is 0. The van der Waals surface area contributed by atoms with Crippen LogP contribution < -0.4 is 15.1 Å². The minimum absolute atomic E-state index is 0.0506. The summed E-state index contributed by atoms with van der Waals surface area (Å²) in [5.74, 6) is 0. The summed E-state index contributed by atoms with van der Waals surface area (Å²) < 4.78 is 38.9. The van der Waals surface area contributed by atoms with Crippen LogP contribution in [0.2, 0.25) is 0 Å². The van der Waals surface area contributed by atoms with Gasteiger partial charge in [-0.3, -0.25) is 0 Å². The lowest BCUT2D eigenvalue weighted by Crippen LogP contribution is -2.90. The average molecular weight is 413 g/mol. The number of likely N-dealkylation sites (tertiary alicyclic amines) is 1. The van der Waals surface area contributed by atoms with Gasteiger partial charge in [0.15, 0.2) is 0 Å². The number of nitrogens with one attached hydrogen (secondary N) is 2. The summed E-state index contributed by atoms with van der Waals surface area (Å²) in [6.07, 6.45) is 0.523. The van der Waals surface area contributed by atoms with E-state index in [-0.39, 0.29) is 10.5 Å². The van der Waals surface area contributed by atoms with Crippen molar-refractivity contribution in [3.8, 4) is 0 Å². The molecule has 2 amide bonds. The Labute approximate surface area is 166 Å². The standard InChI is InChI=1S/C19H23F3N4OS/c1-14-4-2-10-25(14)11-3-12-26(17(27)24-19(26)23-9-13-28-19)16-7-5-15(6-8-16)18(20,21)22/h5-9,13-14,23H,2-4,10-12H2,1H3/p+1. The predicted molar refractivity (Wildman–Crippen MR) is 104 cm³/mol. The summed E-state index contributed by atoms with van der Waals surface area (Å²) in [4.78, 5) is 15.2. The van der Waals surface area contributed by atoms with Crippen LogP contribution in [-0.4, -0.2) is 41.7 Å². The molecule has 2 fully saturated rings. The molecule has 9 heteroatoms. The van der Waals surface area contributed by atoms with Crippen molar-refractivity contribution in [3.63, 3.8) is 0 Å². The first-order chi connectivity index (χ1) is 13.3.